The van der Waals surface area contributed by atoms with Gasteiger partial charge in [0.2, 0.25) is 0 Å². The molecule has 3 nitrogen and oxygen atoms in total. The number of carbonyl (C=O) groups is 1. The second-order valence-corrected chi connectivity index (χ2v) is 6.09. The molecule has 0 radical (unpaired) electrons. The van der Waals surface area contributed by atoms with Crippen LogP contribution in [0.1, 0.15) is 28.8 Å². The van der Waals surface area contributed by atoms with Gasteiger partial charge in [0.25, 0.3) is 0 Å². The lowest BCUT2D eigenvalue weighted by Gasteiger charge is -2.30. The van der Waals surface area contributed by atoms with Crippen molar-refractivity contribution in [1.82, 2.24) is 5.32 Å². The molecule has 1 fully saturated rings. The standard InChI is InChI=1S/C20H23NO2/c22-20(18-9-5-2-6-10-18)23-19(17-11-13-21-14-12-17)15-16-7-3-1-4-8-16/h1-10,17,19,21H,11-15H2. The molecule has 23 heavy (non-hydrogen) atoms. The van der Waals surface area contributed by atoms with E-state index in [1.807, 2.05) is 48.5 Å². The van der Waals surface area contributed by atoms with Crippen LogP contribution in [-0.4, -0.2) is 25.2 Å². The molecule has 0 saturated carbocycles. The van der Waals surface area contributed by atoms with E-state index in [9.17, 15) is 4.79 Å². The maximum atomic E-state index is 12.5. The molecule has 1 aliphatic rings. The molecule has 3 heteroatoms. The van der Waals surface area contributed by atoms with Gasteiger partial charge in [0.15, 0.2) is 0 Å². The van der Waals surface area contributed by atoms with Gasteiger partial charge in [0, 0.05) is 6.42 Å². The molecule has 1 atom stereocenters. The largest absolute Gasteiger partial charge is 0.458 e. The molecule has 2 aromatic carbocycles. The van der Waals surface area contributed by atoms with Crippen LogP contribution in [0, 0.1) is 5.92 Å². The number of benzene rings is 2. The zero-order valence-electron chi connectivity index (χ0n) is 13.3. The van der Waals surface area contributed by atoms with E-state index < -0.39 is 0 Å². The maximum Gasteiger partial charge on any atom is 0.338 e. The Bertz CT molecular complexity index is 606. The molecule has 0 aromatic heterocycles. The number of piperidine rings is 1. The highest BCUT2D eigenvalue weighted by Gasteiger charge is 2.27. The van der Waals surface area contributed by atoms with Crippen molar-refractivity contribution < 1.29 is 9.53 Å². The SMILES string of the molecule is O=C(OC(Cc1ccccc1)C1CCNCC1)c1ccccc1. The molecule has 1 saturated heterocycles. The average Bonchev–Trinajstić information content (AvgIpc) is 2.63. The van der Waals surface area contributed by atoms with Gasteiger partial charge in [-0.1, -0.05) is 48.5 Å². The van der Waals surface area contributed by atoms with Crippen molar-refractivity contribution in [1.29, 1.82) is 0 Å². The molecule has 1 aliphatic heterocycles. The molecule has 1 N–H and O–H groups in total. The van der Waals surface area contributed by atoms with E-state index in [1.54, 1.807) is 0 Å². The van der Waals surface area contributed by atoms with Gasteiger partial charge in [-0.25, -0.2) is 4.79 Å². The summed E-state index contributed by atoms with van der Waals surface area (Å²) >= 11 is 0. The number of hydrogen-bond acceptors (Lipinski definition) is 3. The van der Waals surface area contributed by atoms with Crippen LogP contribution in [0.4, 0.5) is 0 Å². The molecule has 0 bridgehead atoms. The summed E-state index contributed by atoms with van der Waals surface area (Å²) in [7, 11) is 0. The van der Waals surface area contributed by atoms with E-state index in [1.165, 1.54) is 5.56 Å². The molecule has 2 aromatic rings. The first-order valence-corrected chi connectivity index (χ1v) is 8.33. The zero-order chi connectivity index (χ0) is 15.9. The third kappa shape index (κ3) is 4.42. The van der Waals surface area contributed by atoms with Gasteiger partial charge in [-0.3, -0.25) is 0 Å². The predicted octanol–water partition coefficient (Wildman–Crippen LogP) is 3.45. The van der Waals surface area contributed by atoms with Crippen molar-refractivity contribution in [2.75, 3.05) is 13.1 Å². The van der Waals surface area contributed by atoms with Gasteiger partial charge in [0.1, 0.15) is 6.10 Å². The van der Waals surface area contributed by atoms with Crippen LogP contribution in [-0.2, 0) is 11.2 Å². The van der Waals surface area contributed by atoms with Gasteiger partial charge >= 0.3 is 5.97 Å². The number of hydrogen-bond donors (Lipinski definition) is 1. The fourth-order valence-corrected chi connectivity index (χ4v) is 3.15. The highest BCUT2D eigenvalue weighted by atomic mass is 16.5. The van der Waals surface area contributed by atoms with Crippen LogP contribution < -0.4 is 5.32 Å². The minimum Gasteiger partial charge on any atom is -0.458 e. The van der Waals surface area contributed by atoms with Gasteiger partial charge in [-0.2, -0.15) is 0 Å². The highest BCUT2D eigenvalue weighted by Crippen LogP contribution is 2.23. The molecule has 0 spiro atoms. The minimum atomic E-state index is -0.218. The molecule has 0 amide bonds. The Morgan fingerprint density at radius 3 is 2.26 bits per heavy atom. The Kier molecular flexibility index (Phi) is 5.43. The summed E-state index contributed by atoms with van der Waals surface area (Å²) < 4.78 is 5.91. The lowest BCUT2D eigenvalue weighted by Crippen LogP contribution is -2.37. The molecule has 1 heterocycles. The van der Waals surface area contributed by atoms with E-state index >= 15 is 0 Å². The highest BCUT2D eigenvalue weighted by molar-refractivity contribution is 5.89. The Labute approximate surface area is 137 Å². The number of nitrogens with one attached hydrogen (secondary N) is 1. The Morgan fingerprint density at radius 1 is 1.00 bits per heavy atom. The molecule has 1 unspecified atom stereocenters. The summed E-state index contributed by atoms with van der Waals surface area (Å²) in [5, 5.41) is 3.38. The summed E-state index contributed by atoms with van der Waals surface area (Å²) in [5.74, 6) is 0.203. The first-order chi connectivity index (χ1) is 11.3. The van der Waals surface area contributed by atoms with Gasteiger partial charge < -0.3 is 10.1 Å². The van der Waals surface area contributed by atoms with E-state index in [0.29, 0.717) is 11.5 Å². The van der Waals surface area contributed by atoms with Crippen LogP contribution >= 0.6 is 0 Å². The van der Waals surface area contributed by atoms with Crippen LogP contribution in [0.5, 0.6) is 0 Å². The number of ether oxygens (including phenoxy) is 1. The topological polar surface area (TPSA) is 38.3 Å². The van der Waals surface area contributed by atoms with Crippen LogP contribution in [0.25, 0.3) is 0 Å². The minimum absolute atomic E-state index is 0.0628. The van der Waals surface area contributed by atoms with Crippen molar-refractivity contribution >= 4 is 5.97 Å². The van der Waals surface area contributed by atoms with Crippen molar-refractivity contribution in [2.24, 2.45) is 5.92 Å². The van der Waals surface area contributed by atoms with Gasteiger partial charge in [-0.15, -0.1) is 0 Å². The fraction of sp³-hybridized carbons (Fsp3) is 0.350. The normalized spacial score (nSPS) is 16.7. The van der Waals surface area contributed by atoms with Crippen LogP contribution in [0.3, 0.4) is 0 Å². The van der Waals surface area contributed by atoms with Crippen molar-refractivity contribution in [3.8, 4) is 0 Å². The molecule has 0 aliphatic carbocycles. The summed E-state index contributed by atoms with van der Waals surface area (Å²) in [5.41, 5.74) is 1.84. The summed E-state index contributed by atoms with van der Waals surface area (Å²) in [6.07, 6.45) is 2.83. The average molecular weight is 309 g/mol. The van der Waals surface area contributed by atoms with E-state index in [0.717, 1.165) is 32.4 Å². The first-order valence-electron chi connectivity index (χ1n) is 8.33. The third-order valence-electron chi connectivity index (χ3n) is 4.46. The van der Waals surface area contributed by atoms with Crippen LogP contribution in [0.15, 0.2) is 60.7 Å². The zero-order valence-corrected chi connectivity index (χ0v) is 13.3. The first kappa shape index (κ1) is 15.8. The van der Waals surface area contributed by atoms with Crippen molar-refractivity contribution in [3.63, 3.8) is 0 Å². The van der Waals surface area contributed by atoms with Gasteiger partial charge in [0.05, 0.1) is 5.56 Å². The summed E-state index contributed by atoms with van der Waals surface area (Å²) in [4.78, 5) is 12.5. The number of rotatable bonds is 5. The lowest BCUT2D eigenvalue weighted by atomic mass is 9.88. The van der Waals surface area contributed by atoms with E-state index in [2.05, 4.69) is 17.4 Å². The van der Waals surface area contributed by atoms with Crippen molar-refractivity contribution in [3.05, 3.63) is 71.8 Å². The Balaban J connectivity index is 1.73. The Hall–Kier alpha value is -2.13. The predicted molar refractivity (Wildman–Crippen MR) is 91.4 cm³/mol. The number of carbonyl (C=O) groups excluding carboxylic acids is 1. The monoisotopic (exact) mass is 309 g/mol. The number of esters is 1. The maximum absolute atomic E-state index is 12.5. The summed E-state index contributed by atoms with van der Waals surface area (Å²) in [6, 6.07) is 19.6. The molecule has 120 valence electrons. The summed E-state index contributed by atoms with van der Waals surface area (Å²) in [6.45, 7) is 2.00. The second-order valence-electron chi connectivity index (χ2n) is 6.09. The second kappa shape index (κ2) is 7.93. The van der Waals surface area contributed by atoms with E-state index in [-0.39, 0.29) is 12.1 Å². The van der Waals surface area contributed by atoms with E-state index in [4.69, 9.17) is 4.74 Å². The molecular weight excluding hydrogens is 286 g/mol. The van der Waals surface area contributed by atoms with Gasteiger partial charge in [-0.05, 0) is 49.5 Å². The Morgan fingerprint density at radius 2 is 1.61 bits per heavy atom. The van der Waals surface area contributed by atoms with Crippen molar-refractivity contribution in [2.45, 2.75) is 25.4 Å². The fourth-order valence-electron chi connectivity index (χ4n) is 3.15. The third-order valence-corrected chi connectivity index (χ3v) is 4.46. The lowest BCUT2D eigenvalue weighted by molar-refractivity contribution is 0.00907. The van der Waals surface area contributed by atoms with Crippen LogP contribution in [0.2, 0.25) is 0 Å². The molecule has 3 rings (SSSR count). The molecular formula is C20H23NO2. The smallest absolute Gasteiger partial charge is 0.338 e. The quantitative estimate of drug-likeness (QED) is 0.860.